The normalized spacial score (nSPS) is 9.62. The summed E-state index contributed by atoms with van der Waals surface area (Å²) in [7, 11) is 0. The van der Waals surface area contributed by atoms with Gasteiger partial charge in [-0.2, -0.15) is 0 Å². The summed E-state index contributed by atoms with van der Waals surface area (Å²) in [5.74, 6) is 0.222. The first-order valence-corrected chi connectivity index (χ1v) is 4.32. The van der Waals surface area contributed by atoms with Crippen molar-refractivity contribution in [2.24, 2.45) is 5.73 Å². The Morgan fingerprint density at radius 3 is 2.54 bits per heavy atom. The van der Waals surface area contributed by atoms with Crippen LogP contribution in [0.5, 0.6) is 0 Å². The topological polar surface area (TPSA) is 61.9 Å². The SMILES string of the molecule is Cc1ccc(NCCC(=N)N)cc1. The lowest BCUT2D eigenvalue weighted by atomic mass is 10.2. The minimum Gasteiger partial charge on any atom is -0.388 e. The molecule has 0 fully saturated rings. The van der Waals surface area contributed by atoms with E-state index in [1.54, 1.807) is 0 Å². The van der Waals surface area contributed by atoms with E-state index in [4.69, 9.17) is 11.1 Å². The molecule has 1 rings (SSSR count). The first-order valence-electron chi connectivity index (χ1n) is 4.32. The van der Waals surface area contributed by atoms with E-state index in [0.717, 1.165) is 12.2 Å². The van der Waals surface area contributed by atoms with Gasteiger partial charge in [-0.05, 0) is 19.1 Å². The lowest BCUT2D eigenvalue weighted by Crippen LogP contribution is -2.14. The molecule has 4 N–H and O–H groups in total. The number of nitrogens with one attached hydrogen (secondary N) is 2. The van der Waals surface area contributed by atoms with Gasteiger partial charge >= 0.3 is 0 Å². The molecule has 0 aliphatic carbocycles. The van der Waals surface area contributed by atoms with Crippen molar-refractivity contribution < 1.29 is 0 Å². The van der Waals surface area contributed by atoms with Gasteiger partial charge in [0.05, 0.1) is 5.84 Å². The molecule has 3 heteroatoms. The Balaban J connectivity index is 2.37. The van der Waals surface area contributed by atoms with Gasteiger partial charge < -0.3 is 11.1 Å². The summed E-state index contributed by atoms with van der Waals surface area (Å²) in [4.78, 5) is 0. The van der Waals surface area contributed by atoms with Crippen LogP contribution in [0.1, 0.15) is 12.0 Å². The van der Waals surface area contributed by atoms with E-state index < -0.39 is 0 Å². The molecule has 0 saturated heterocycles. The Bertz CT molecular complexity index is 277. The van der Waals surface area contributed by atoms with E-state index >= 15 is 0 Å². The molecule has 0 radical (unpaired) electrons. The Morgan fingerprint density at radius 2 is 2.00 bits per heavy atom. The zero-order chi connectivity index (χ0) is 9.68. The smallest absolute Gasteiger partial charge is 0.0923 e. The summed E-state index contributed by atoms with van der Waals surface area (Å²) in [6.45, 7) is 2.78. The van der Waals surface area contributed by atoms with Gasteiger partial charge in [0.2, 0.25) is 0 Å². The van der Waals surface area contributed by atoms with Crippen molar-refractivity contribution in [3.8, 4) is 0 Å². The molecular formula is C10H15N3. The molecule has 0 aromatic heterocycles. The Kier molecular flexibility index (Phi) is 3.31. The number of hydrogen-bond acceptors (Lipinski definition) is 2. The summed E-state index contributed by atoms with van der Waals surface area (Å²) >= 11 is 0. The maximum atomic E-state index is 7.03. The summed E-state index contributed by atoms with van der Waals surface area (Å²) in [6, 6.07) is 8.15. The Morgan fingerprint density at radius 1 is 1.38 bits per heavy atom. The Hall–Kier alpha value is -1.51. The summed E-state index contributed by atoms with van der Waals surface area (Å²) in [5.41, 5.74) is 7.55. The van der Waals surface area contributed by atoms with Crippen LogP contribution >= 0.6 is 0 Å². The first kappa shape index (κ1) is 9.58. The lowest BCUT2D eigenvalue weighted by molar-refractivity contribution is 1.08. The van der Waals surface area contributed by atoms with Crippen molar-refractivity contribution in [1.29, 1.82) is 5.41 Å². The molecule has 0 saturated carbocycles. The maximum Gasteiger partial charge on any atom is 0.0923 e. The number of rotatable bonds is 4. The molecule has 1 aromatic rings. The van der Waals surface area contributed by atoms with Crippen molar-refractivity contribution >= 4 is 11.5 Å². The third-order valence-corrected chi connectivity index (χ3v) is 1.78. The van der Waals surface area contributed by atoms with Crippen molar-refractivity contribution in [3.05, 3.63) is 29.8 Å². The van der Waals surface area contributed by atoms with Crippen LogP contribution in [0.3, 0.4) is 0 Å². The Labute approximate surface area is 78.5 Å². The summed E-state index contributed by atoms with van der Waals surface area (Å²) in [5, 5.41) is 10.2. The number of amidine groups is 1. The zero-order valence-electron chi connectivity index (χ0n) is 7.80. The van der Waals surface area contributed by atoms with Crippen LogP contribution in [-0.2, 0) is 0 Å². The fourth-order valence-electron chi connectivity index (χ4n) is 1.01. The van der Waals surface area contributed by atoms with Crippen molar-refractivity contribution in [1.82, 2.24) is 0 Å². The molecule has 0 aliphatic rings. The number of hydrogen-bond donors (Lipinski definition) is 3. The maximum absolute atomic E-state index is 7.03. The van der Waals surface area contributed by atoms with Crippen LogP contribution in [0.4, 0.5) is 5.69 Å². The molecule has 0 heterocycles. The number of anilines is 1. The van der Waals surface area contributed by atoms with E-state index in [1.165, 1.54) is 5.56 Å². The quantitative estimate of drug-likeness (QED) is 0.484. The van der Waals surface area contributed by atoms with Gasteiger partial charge in [0.15, 0.2) is 0 Å². The third-order valence-electron chi connectivity index (χ3n) is 1.78. The predicted octanol–water partition coefficient (Wildman–Crippen LogP) is 1.73. The van der Waals surface area contributed by atoms with Gasteiger partial charge in [-0.25, -0.2) is 0 Å². The van der Waals surface area contributed by atoms with Crippen LogP contribution in [0, 0.1) is 12.3 Å². The highest BCUT2D eigenvalue weighted by Crippen LogP contribution is 2.07. The highest BCUT2D eigenvalue weighted by Gasteiger charge is 1.91. The van der Waals surface area contributed by atoms with Crippen LogP contribution in [-0.4, -0.2) is 12.4 Å². The summed E-state index contributed by atoms with van der Waals surface area (Å²) in [6.07, 6.45) is 0.591. The van der Waals surface area contributed by atoms with Crippen molar-refractivity contribution in [3.63, 3.8) is 0 Å². The zero-order valence-corrected chi connectivity index (χ0v) is 7.80. The molecule has 0 spiro atoms. The third kappa shape index (κ3) is 3.60. The van der Waals surface area contributed by atoms with Crippen LogP contribution in [0.25, 0.3) is 0 Å². The minimum absolute atomic E-state index is 0.222. The van der Waals surface area contributed by atoms with Gasteiger partial charge in [0.25, 0.3) is 0 Å². The molecule has 0 amide bonds. The van der Waals surface area contributed by atoms with Gasteiger partial charge in [0.1, 0.15) is 0 Å². The fraction of sp³-hybridized carbons (Fsp3) is 0.300. The van der Waals surface area contributed by atoms with Gasteiger partial charge in [-0.15, -0.1) is 0 Å². The van der Waals surface area contributed by atoms with Gasteiger partial charge in [-0.3, -0.25) is 5.41 Å². The molecule has 0 atom stereocenters. The summed E-state index contributed by atoms with van der Waals surface area (Å²) < 4.78 is 0. The van der Waals surface area contributed by atoms with Crippen molar-refractivity contribution in [2.75, 3.05) is 11.9 Å². The van der Waals surface area contributed by atoms with E-state index in [-0.39, 0.29) is 5.84 Å². The van der Waals surface area contributed by atoms with Gasteiger partial charge in [0, 0.05) is 18.7 Å². The second-order valence-electron chi connectivity index (χ2n) is 3.07. The van der Waals surface area contributed by atoms with Crippen LogP contribution in [0.15, 0.2) is 24.3 Å². The fourth-order valence-corrected chi connectivity index (χ4v) is 1.01. The van der Waals surface area contributed by atoms with Gasteiger partial charge in [-0.1, -0.05) is 17.7 Å². The molecule has 70 valence electrons. The molecular weight excluding hydrogens is 162 g/mol. The largest absolute Gasteiger partial charge is 0.388 e. The number of benzene rings is 1. The van der Waals surface area contributed by atoms with E-state index in [1.807, 2.05) is 12.1 Å². The number of nitrogens with two attached hydrogens (primary N) is 1. The monoisotopic (exact) mass is 177 g/mol. The second-order valence-corrected chi connectivity index (χ2v) is 3.07. The number of aryl methyl sites for hydroxylation is 1. The first-order chi connectivity index (χ1) is 6.18. The second kappa shape index (κ2) is 4.50. The van der Waals surface area contributed by atoms with Crippen molar-refractivity contribution in [2.45, 2.75) is 13.3 Å². The van der Waals surface area contributed by atoms with E-state index in [2.05, 4.69) is 24.4 Å². The van der Waals surface area contributed by atoms with Crippen LogP contribution in [0.2, 0.25) is 0 Å². The molecule has 1 aromatic carbocycles. The molecule has 0 unspecified atom stereocenters. The lowest BCUT2D eigenvalue weighted by Gasteiger charge is -2.05. The predicted molar refractivity (Wildman–Crippen MR) is 56.2 cm³/mol. The molecule has 0 bridgehead atoms. The highest BCUT2D eigenvalue weighted by atomic mass is 14.9. The highest BCUT2D eigenvalue weighted by molar-refractivity contribution is 5.77. The average molecular weight is 177 g/mol. The minimum atomic E-state index is 0.222. The molecule has 3 nitrogen and oxygen atoms in total. The van der Waals surface area contributed by atoms with E-state index in [9.17, 15) is 0 Å². The average Bonchev–Trinajstić information content (AvgIpc) is 2.08. The standard InChI is InChI=1S/C10H15N3/c1-8-2-4-9(5-3-8)13-7-6-10(11)12/h2-5,13H,6-7H2,1H3,(H3,11,12). The van der Waals surface area contributed by atoms with Crippen LogP contribution < -0.4 is 11.1 Å². The van der Waals surface area contributed by atoms with E-state index in [0.29, 0.717) is 6.42 Å². The molecule has 0 aliphatic heterocycles. The molecule has 13 heavy (non-hydrogen) atoms.